The first kappa shape index (κ1) is 38.4. The zero-order chi connectivity index (χ0) is 34.8. The van der Waals surface area contributed by atoms with Crippen LogP contribution in [0.1, 0.15) is 89.1 Å². The van der Waals surface area contributed by atoms with Gasteiger partial charge >= 0.3 is 0 Å². The van der Waals surface area contributed by atoms with E-state index in [1.165, 1.54) is 32.5 Å². The molecule has 2 fully saturated rings. The van der Waals surface area contributed by atoms with Crippen molar-refractivity contribution >= 4 is 113 Å². The van der Waals surface area contributed by atoms with Crippen molar-refractivity contribution in [1.29, 1.82) is 0 Å². The summed E-state index contributed by atoms with van der Waals surface area (Å²) in [5, 5.41) is 24.8. The van der Waals surface area contributed by atoms with Gasteiger partial charge in [-0.2, -0.15) is 0 Å². The second-order valence-corrected chi connectivity index (χ2v) is 17.6. The van der Waals surface area contributed by atoms with Crippen LogP contribution in [0.2, 0.25) is 0 Å². The van der Waals surface area contributed by atoms with E-state index in [-0.39, 0.29) is 23.6 Å². The van der Waals surface area contributed by atoms with Crippen molar-refractivity contribution < 1.29 is 19.2 Å². The van der Waals surface area contributed by atoms with Crippen molar-refractivity contribution in [2.45, 2.75) is 91.9 Å². The first-order valence-electron chi connectivity index (χ1n) is 16.0. The van der Waals surface area contributed by atoms with E-state index in [4.69, 9.17) is 24.4 Å². The molecule has 0 aromatic carbocycles. The van der Waals surface area contributed by atoms with Gasteiger partial charge in [-0.1, -0.05) is 111 Å². The zero-order valence-electron chi connectivity index (χ0n) is 27.4. The molecule has 2 N–H and O–H groups in total. The maximum absolute atomic E-state index is 13.3. The number of hydrogen-bond donors (Lipinski definition) is 2. The van der Waals surface area contributed by atoms with Crippen molar-refractivity contribution in [2.75, 3.05) is 23.7 Å². The van der Waals surface area contributed by atoms with Gasteiger partial charge in [-0.25, -0.2) is 0 Å². The van der Waals surface area contributed by atoms with Crippen LogP contribution in [0.25, 0.3) is 0 Å². The normalized spacial score (nSPS) is 16.7. The smallest absolute Gasteiger partial charge is 0.267 e. The lowest BCUT2D eigenvalue weighted by Gasteiger charge is -2.14. The number of nitrogens with zero attached hydrogens (tertiary/aromatic N) is 6. The van der Waals surface area contributed by atoms with E-state index in [1.807, 2.05) is 0 Å². The Kier molecular flexibility index (Phi) is 14.9. The Morgan fingerprint density at radius 2 is 1.04 bits per heavy atom. The molecule has 2 aliphatic heterocycles. The number of thioether (sulfide) groups is 2. The molecule has 2 aromatic heterocycles. The largest absolute Gasteiger partial charge is 0.301 e. The molecule has 0 unspecified atom stereocenters. The van der Waals surface area contributed by atoms with Crippen LogP contribution in [-0.2, 0) is 32.0 Å². The lowest BCUT2D eigenvalue weighted by molar-refractivity contribution is -0.124. The Balaban J connectivity index is 1.14. The fraction of sp³-hybridized carbons (Fsp3) is 0.600. The van der Waals surface area contributed by atoms with Crippen molar-refractivity contribution in [3.63, 3.8) is 0 Å². The molecule has 2 aliphatic rings. The molecule has 4 rings (SSSR count). The summed E-state index contributed by atoms with van der Waals surface area (Å²) >= 11 is 16.0. The molecule has 0 radical (unpaired) electrons. The molecule has 18 heteroatoms. The summed E-state index contributed by atoms with van der Waals surface area (Å²) in [6.45, 7) is 9.26. The Morgan fingerprint density at radius 3 is 1.42 bits per heavy atom. The van der Waals surface area contributed by atoms with E-state index < -0.39 is 0 Å². The maximum Gasteiger partial charge on any atom is 0.267 e. The number of anilines is 2. The number of amides is 4. The third-order valence-electron chi connectivity index (χ3n) is 7.07. The summed E-state index contributed by atoms with van der Waals surface area (Å²) in [6.07, 6.45) is 6.47. The SMILES string of the molecule is CC(C)Cc1nnc(NC(=O)CCCCCN2C(=O)/C(=C3\SC(=S)N(CCCCCC(=O)Nc4nnc(CC(C)C)s4)C3=O)SC2=S)s1. The monoisotopic (exact) mass is 768 g/mol. The van der Waals surface area contributed by atoms with Crippen LogP contribution in [0.5, 0.6) is 0 Å². The van der Waals surface area contributed by atoms with Gasteiger partial charge in [-0.05, 0) is 37.5 Å². The average Bonchev–Trinajstić information content (AvgIpc) is 3.76. The summed E-state index contributed by atoms with van der Waals surface area (Å²) in [5.74, 6) is 0.154. The van der Waals surface area contributed by atoms with Crippen LogP contribution < -0.4 is 10.6 Å². The minimum absolute atomic E-state index is 0.111. The van der Waals surface area contributed by atoms with Gasteiger partial charge in [0, 0.05) is 38.8 Å². The van der Waals surface area contributed by atoms with Gasteiger partial charge in [0.25, 0.3) is 11.8 Å². The maximum atomic E-state index is 13.3. The number of carbonyl (C=O) groups excluding carboxylic acids is 4. The van der Waals surface area contributed by atoms with Crippen molar-refractivity contribution in [1.82, 2.24) is 30.2 Å². The van der Waals surface area contributed by atoms with Crippen LogP contribution in [-0.4, -0.2) is 75.6 Å². The van der Waals surface area contributed by atoms with Gasteiger partial charge in [0.15, 0.2) is 0 Å². The van der Waals surface area contributed by atoms with Crippen molar-refractivity contribution in [2.24, 2.45) is 11.8 Å². The van der Waals surface area contributed by atoms with Crippen molar-refractivity contribution in [3.8, 4) is 0 Å². The third kappa shape index (κ3) is 11.3. The second-order valence-electron chi connectivity index (χ2n) is 12.2. The zero-order valence-corrected chi connectivity index (χ0v) is 32.3. The van der Waals surface area contributed by atoms with E-state index in [9.17, 15) is 19.2 Å². The van der Waals surface area contributed by atoms with Gasteiger partial charge in [-0.15, -0.1) is 20.4 Å². The fourth-order valence-electron chi connectivity index (χ4n) is 4.76. The summed E-state index contributed by atoms with van der Waals surface area (Å²) in [4.78, 5) is 54.8. The molecule has 12 nitrogen and oxygen atoms in total. The fourth-order valence-corrected chi connectivity index (χ4v) is 9.46. The topological polar surface area (TPSA) is 150 Å². The highest BCUT2D eigenvalue weighted by atomic mass is 32.2. The Labute approximate surface area is 308 Å². The number of unbranched alkanes of at least 4 members (excludes halogenated alkanes) is 4. The highest BCUT2D eigenvalue weighted by molar-refractivity contribution is 8.29. The molecule has 2 saturated heterocycles. The molecule has 0 atom stereocenters. The van der Waals surface area contributed by atoms with Crippen LogP contribution in [0, 0.1) is 11.8 Å². The number of thiocarbonyl (C=S) groups is 2. The summed E-state index contributed by atoms with van der Waals surface area (Å²) in [6, 6.07) is 0. The Hall–Kier alpha value is -2.38. The molecule has 4 amide bonds. The Bertz CT molecular complexity index is 1440. The van der Waals surface area contributed by atoms with E-state index in [2.05, 4.69) is 58.7 Å². The molecule has 0 spiro atoms. The molecule has 260 valence electrons. The van der Waals surface area contributed by atoms with Crippen LogP contribution in [0.3, 0.4) is 0 Å². The lowest BCUT2D eigenvalue weighted by Crippen LogP contribution is -2.31. The number of rotatable bonds is 18. The van der Waals surface area contributed by atoms with E-state index in [1.54, 1.807) is 0 Å². The van der Waals surface area contributed by atoms with Gasteiger partial charge in [-0.3, -0.25) is 29.0 Å². The summed E-state index contributed by atoms with van der Waals surface area (Å²) < 4.78 is 0.823. The number of nitrogens with one attached hydrogen (secondary N) is 2. The third-order valence-corrected chi connectivity index (χ3v) is 11.8. The summed E-state index contributed by atoms with van der Waals surface area (Å²) in [5.41, 5.74) is 0. The number of aromatic nitrogens is 4. The standard InChI is InChI=1S/C30H40N8O4S6/c1-17(2)15-21-33-35-27(45-21)31-19(39)11-7-5-9-13-37-25(41)23(47-29(37)43)24-26(42)38(30(44)48-24)14-10-6-8-12-20(40)32-28-36-34-22(46-28)16-18(3)4/h17-18H,5-16H2,1-4H3,(H,31,35,39)(H,32,36,40)/b24-23+. The predicted molar refractivity (Wildman–Crippen MR) is 202 cm³/mol. The first-order valence-corrected chi connectivity index (χ1v) is 20.1. The molecular formula is C30H40N8O4S6. The molecule has 2 aromatic rings. The highest BCUT2D eigenvalue weighted by Crippen LogP contribution is 2.42. The van der Waals surface area contributed by atoms with Crippen LogP contribution in [0.15, 0.2) is 9.81 Å². The van der Waals surface area contributed by atoms with Crippen molar-refractivity contribution in [3.05, 3.63) is 19.8 Å². The molecular weight excluding hydrogens is 729 g/mol. The quantitative estimate of drug-likeness (QED) is 0.0980. The molecule has 0 aliphatic carbocycles. The van der Waals surface area contributed by atoms with Gasteiger partial charge in [0.05, 0.1) is 9.81 Å². The minimum atomic E-state index is -0.283. The minimum Gasteiger partial charge on any atom is -0.301 e. The Morgan fingerprint density at radius 1 is 0.646 bits per heavy atom. The molecule has 48 heavy (non-hydrogen) atoms. The highest BCUT2D eigenvalue weighted by Gasteiger charge is 2.41. The molecule has 0 bridgehead atoms. The second kappa shape index (κ2) is 18.6. The van der Waals surface area contributed by atoms with Gasteiger partial charge in [0.1, 0.15) is 18.7 Å². The summed E-state index contributed by atoms with van der Waals surface area (Å²) in [7, 11) is 0. The van der Waals surface area contributed by atoms with Crippen LogP contribution in [0.4, 0.5) is 10.3 Å². The molecule has 4 heterocycles. The van der Waals surface area contributed by atoms with E-state index in [0.717, 1.165) is 59.2 Å². The average molecular weight is 769 g/mol. The lowest BCUT2D eigenvalue weighted by atomic mass is 10.1. The van der Waals surface area contributed by atoms with E-state index in [0.29, 0.717) is 92.2 Å². The van der Waals surface area contributed by atoms with E-state index >= 15 is 0 Å². The first-order chi connectivity index (χ1) is 22.9. The van der Waals surface area contributed by atoms with Gasteiger partial charge < -0.3 is 10.6 Å². The van der Waals surface area contributed by atoms with Crippen LogP contribution >= 0.6 is 70.6 Å². The molecule has 0 saturated carbocycles. The van der Waals surface area contributed by atoms with Gasteiger partial charge in [0.2, 0.25) is 22.1 Å². The number of carbonyl (C=O) groups is 4. The predicted octanol–water partition coefficient (Wildman–Crippen LogP) is 6.42. The number of hydrogen-bond acceptors (Lipinski definition) is 14.